The Morgan fingerprint density at radius 3 is 2.18 bits per heavy atom. The van der Waals surface area contributed by atoms with Crippen molar-refractivity contribution in [2.24, 2.45) is 5.41 Å². The number of hydrogen-bond donors (Lipinski definition) is 2. The first-order chi connectivity index (χ1) is 7.56. The van der Waals surface area contributed by atoms with Crippen LogP contribution in [-0.4, -0.2) is 29.4 Å². The number of carbonyl (C=O) groups excluding carboxylic acids is 1. The minimum atomic E-state index is -0.480. The van der Waals surface area contributed by atoms with E-state index >= 15 is 0 Å². The molecule has 0 saturated heterocycles. The normalized spacial score (nSPS) is 14.3. The summed E-state index contributed by atoms with van der Waals surface area (Å²) in [6, 6.07) is -0.277. The van der Waals surface area contributed by atoms with Crippen molar-refractivity contribution >= 4 is 6.09 Å². The number of amides is 1. The fourth-order valence-corrected chi connectivity index (χ4v) is 1.25. The second-order valence-corrected chi connectivity index (χ2v) is 6.44. The van der Waals surface area contributed by atoms with Crippen molar-refractivity contribution in [1.29, 1.82) is 0 Å². The van der Waals surface area contributed by atoms with Crippen molar-refractivity contribution in [2.45, 2.75) is 66.0 Å². The number of aliphatic hydroxyl groups excluding tert-OH is 1. The average molecular weight is 245 g/mol. The topological polar surface area (TPSA) is 58.6 Å². The lowest BCUT2D eigenvalue weighted by Crippen LogP contribution is -2.40. The third-order valence-electron chi connectivity index (χ3n) is 2.48. The number of nitrogens with one attached hydrogen (secondary N) is 1. The maximum atomic E-state index is 11.5. The fraction of sp³-hybridized carbons (Fsp3) is 0.923. The molecule has 17 heavy (non-hydrogen) atoms. The molecule has 102 valence electrons. The third-order valence-corrected chi connectivity index (χ3v) is 2.48. The monoisotopic (exact) mass is 245 g/mol. The van der Waals surface area contributed by atoms with E-state index in [9.17, 15) is 4.79 Å². The van der Waals surface area contributed by atoms with E-state index in [0.717, 1.165) is 12.8 Å². The standard InChI is InChI=1S/C13H27NO3/c1-10(9-15)14-11(16)17-13(5,6)8-7-12(2,3)4/h10,15H,7-9H2,1-6H3,(H,14,16)/t10-/m0/s1. The van der Waals surface area contributed by atoms with Crippen molar-refractivity contribution in [3.63, 3.8) is 0 Å². The molecular formula is C13H27NO3. The molecule has 0 rings (SSSR count). The van der Waals surface area contributed by atoms with Crippen LogP contribution in [0.4, 0.5) is 4.79 Å². The van der Waals surface area contributed by atoms with Crippen molar-refractivity contribution < 1.29 is 14.6 Å². The van der Waals surface area contributed by atoms with E-state index in [0.29, 0.717) is 0 Å². The molecule has 0 aliphatic carbocycles. The van der Waals surface area contributed by atoms with Crippen LogP contribution in [0.15, 0.2) is 0 Å². The van der Waals surface area contributed by atoms with Gasteiger partial charge in [-0.1, -0.05) is 20.8 Å². The number of aliphatic hydroxyl groups is 1. The molecule has 0 saturated carbocycles. The van der Waals surface area contributed by atoms with Gasteiger partial charge in [0.2, 0.25) is 0 Å². The third kappa shape index (κ3) is 8.98. The van der Waals surface area contributed by atoms with Crippen molar-refractivity contribution in [3.8, 4) is 0 Å². The Balaban J connectivity index is 4.11. The summed E-state index contributed by atoms with van der Waals surface area (Å²) in [5, 5.41) is 11.4. The smallest absolute Gasteiger partial charge is 0.407 e. The number of alkyl carbamates (subject to hydrolysis) is 1. The molecule has 2 N–H and O–H groups in total. The molecule has 0 radical (unpaired) electrons. The largest absolute Gasteiger partial charge is 0.444 e. The molecule has 0 aromatic carbocycles. The lowest BCUT2D eigenvalue weighted by atomic mass is 9.86. The van der Waals surface area contributed by atoms with Crippen LogP contribution < -0.4 is 5.32 Å². The van der Waals surface area contributed by atoms with E-state index in [-0.39, 0.29) is 18.1 Å². The van der Waals surface area contributed by atoms with Gasteiger partial charge >= 0.3 is 6.09 Å². The lowest BCUT2D eigenvalue weighted by Gasteiger charge is -2.29. The summed E-state index contributed by atoms with van der Waals surface area (Å²) in [7, 11) is 0. The van der Waals surface area contributed by atoms with Crippen LogP contribution in [-0.2, 0) is 4.74 Å². The van der Waals surface area contributed by atoms with Crippen LogP contribution in [0.25, 0.3) is 0 Å². The summed E-state index contributed by atoms with van der Waals surface area (Å²) in [5.41, 5.74) is -0.248. The zero-order chi connectivity index (χ0) is 13.7. The molecule has 0 bridgehead atoms. The molecule has 1 atom stereocenters. The van der Waals surface area contributed by atoms with E-state index < -0.39 is 11.7 Å². The van der Waals surface area contributed by atoms with E-state index in [1.165, 1.54) is 0 Å². The molecule has 0 unspecified atom stereocenters. The second-order valence-electron chi connectivity index (χ2n) is 6.44. The van der Waals surface area contributed by atoms with Crippen molar-refractivity contribution in [1.82, 2.24) is 5.32 Å². The summed E-state index contributed by atoms with van der Waals surface area (Å²) in [5.74, 6) is 0. The summed E-state index contributed by atoms with van der Waals surface area (Å²) in [6.07, 6.45) is 1.34. The van der Waals surface area contributed by atoms with E-state index in [1.54, 1.807) is 6.92 Å². The highest BCUT2D eigenvalue weighted by atomic mass is 16.6. The van der Waals surface area contributed by atoms with Gasteiger partial charge in [0.1, 0.15) is 5.60 Å². The Hall–Kier alpha value is -0.770. The zero-order valence-electron chi connectivity index (χ0n) is 12.0. The van der Waals surface area contributed by atoms with Gasteiger partial charge < -0.3 is 15.2 Å². The molecule has 0 fully saturated rings. The van der Waals surface area contributed by atoms with Crippen LogP contribution in [0, 0.1) is 5.41 Å². The van der Waals surface area contributed by atoms with Gasteiger partial charge in [0.05, 0.1) is 12.6 Å². The Morgan fingerprint density at radius 1 is 1.24 bits per heavy atom. The number of rotatable bonds is 5. The minimum Gasteiger partial charge on any atom is -0.444 e. The first-order valence-corrected chi connectivity index (χ1v) is 6.16. The highest BCUT2D eigenvalue weighted by Gasteiger charge is 2.25. The molecule has 0 aliphatic heterocycles. The summed E-state index contributed by atoms with van der Waals surface area (Å²) in [6.45, 7) is 11.9. The summed E-state index contributed by atoms with van der Waals surface area (Å²) >= 11 is 0. The Kier molecular flexibility index (Phi) is 5.96. The van der Waals surface area contributed by atoms with Crippen LogP contribution >= 0.6 is 0 Å². The molecule has 4 heteroatoms. The summed E-state index contributed by atoms with van der Waals surface area (Å²) < 4.78 is 5.34. The Labute approximate surface area is 105 Å². The molecule has 0 aromatic heterocycles. The Morgan fingerprint density at radius 2 is 1.76 bits per heavy atom. The highest BCUT2D eigenvalue weighted by molar-refractivity contribution is 5.68. The van der Waals surface area contributed by atoms with Crippen LogP contribution in [0.3, 0.4) is 0 Å². The van der Waals surface area contributed by atoms with E-state index in [2.05, 4.69) is 26.1 Å². The maximum absolute atomic E-state index is 11.5. The van der Waals surface area contributed by atoms with Gasteiger partial charge in [-0.25, -0.2) is 4.79 Å². The van der Waals surface area contributed by atoms with Crippen molar-refractivity contribution in [2.75, 3.05) is 6.61 Å². The van der Waals surface area contributed by atoms with Gasteiger partial charge in [-0.15, -0.1) is 0 Å². The maximum Gasteiger partial charge on any atom is 0.407 e. The minimum absolute atomic E-state index is 0.0858. The van der Waals surface area contributed by atoms with Crippen LogP contribution in [0.5, 0.6) is 0 Å². The number of ether oxygens (including phenoxy) is 1. The highest BCUT2D eigenvalue weighted by Crippen LogP contribution is 2.27. The SMILES string of the molecule is C[C@@H](CO)NC(=O)OC(C)(C)CCC(C)(C)C. The van der Waals surface area contributed by atoms with Crippen molar-refractivity contribution in [3.05, 3.63) is 0 Å². The fourth-order valence-electron chi connectivity index (χ4n) is 1.25. The first kappa shape index (κ1) is 16.2. The predicted molar refractivity (Wildman–Crippen MR) is 68.9 cm³/mol. The second kappa shape index (κ2) is 6.24. The van der Waals surface area contributed by atoms with E-state index in [4.69, 9.17) is 9.84 Å². The average Bonchev–Trinajstić information content (AvgIpc) is 2.12. The van der Waals surface area contributed by atoms with Gasteiger partial charge in [0.15, 0.2) is 0 Å². The molecule has 0 heterocycles. The number of hydrogen-bond acceptors (Lipinski definition) is 3. The lowest BCUT2D eigenvalue weighted by molar-refractivity contribution is 0.0221. The van der Waals surface area contributed by atoms with Gasteiger partial charge in [-0.3, -0.25) is 0 Å². The molecule has 1 amide bonds. The molecule has 0 aromatic rings. The quantitative estimate of drug-likeness (QED) is 0.783. The van der Waals surface area contributed by atoms with Crippen LogP contribution in [0.1, 0.15) is 54.4 Å². The molecule has 0 aliphatic rings. The van der Waals surface area contributed by atoms with Crippen LogP contribution in [0.2, 0.25) is 0 Å². The molecule has 4 nitrogen and oxygen atoms in total. The van der Waals surface area contributed by atoms with Gasteiger partial charge in [0, 0.05) is 0 Å². The van der Waals surface area contributed by atoms with Gasteiger partial charge in [-0.05, 0) is 39.0 Å². The Bertz CT molecular complexity index is 244. The predicted octanol–water partition coefficient (Wildman–Crippen LogP) is 2.70. The molecule has 0 spiro atoms. The number of carbonyl (C=O) groups is 1. The zero-order valence-corrected chi connectivity index (χ0v) is 12.0. The first-order valence-electron chi connectivity index (χ1n) is 6.16. The van der Waals surface area contributed by atoms with Gasteiger partial charge in [0.25, 0.3) is 0 Å². The van der Waals surface area contributed by atoms with Gasteiger partial charge in [-0.2, -0.15) is 0 Å². The van der Waals surface area contributed by atoms with E-state index in [1.807, 2.05) is 13.8 Å². The molecular weight excluding hydrogens is 218 g/mol. The summed E-state index contributed by atoms with van der Waals surface area (Å²) in [4.78, 5) is 11.5.